The third-order valence-corrected chi connectivity index (χ3v) is 9.50. The molecule has 0 radical (unpaired) electrons. The molecule has 1 aromatic carbocycles. The first-order valence-corrected chi connectivity index (χ1v) is 14.1. The third-order valence-electron chi connectivity index (χ3n) is 7.60. The first kappa shape index (κ1) is 24.0. The third kappa shape index (κ3) is 4.97. The predicted molar refractivity (Wildman–Crippen MR) is 129 cm³/mol. The zero-order valence-corrected chi connectivity index (χ0v) is 20.7. The van der Waals surface area contributed by atoms with E-state index in [1.807, 2.05) is 4.90 Å². The van der Waals surface area contributed by atoms with Gasteiger partial charge in [0.1, 0.15) is 0 Å². The zero-order chi connectivity index (χ0) is 23.5. The van der Waals surface area contributed by atoms with Crippen LogP contribution in [0.3, 0.4) is 0 Å². The van der Waals surface area contributed by atoms with Gasteiger partial charge in [-0.3, -0.25) is 9.69 Å². The minimum absolute atomic E-state index is 0.0772. The first-order valence-electron chi connectivity index (χ1n) is 12.6. The highest BCUT2D eigenvalue weighted by molar-refractivity contribution is 7.89. The molecule has 4 aliphatic rings. The van der Waals surface area contributed by atoms with Gasteiger partial charge < -0.3 is 19.3 Å². The van der Waals surface area contributed by atoms with E-state index in [1.165, 1.54) is 30.0 Å². The molecule has 1 aromatic rings. The van der Waals surface area contributed by atoms with Crippen LogP contribution in [0.15, 0.2) is 23.1 Å². The Labute approximate surface area is 202 Å². The van der Waals surface area contributed by atoms with Crippen molar-refractivity contribution in [1.82, 2.24) is 14.1 Å². The van der Waals surface area contributed by atoms with E-state index in [9.17, 15) is 13.2 Å². The molecular weight excluding hydrogens is 456 g/mol. The molecule has 3 saturated heterocycles. The molecule has 0 atom stereocenters. The number of benzene rings is 1. The van der Waals surface area contributed by atoms with E-state index >= 15 is 0 Å². The van der Waals surface area contributed by atoms with Crippen molar-refractivity contribution in [2.24, 2.45) is 0 Å². The predicted octanol–water partition coefficient (Wildman–Crippen LogP) is 1.24. The molecule has 34 heavy (non-hydrogen) atoms. The largest absolute Gasteiger partial charge is 0.379 e. The highest BCUT2D eigenvalue weighted by Gasteiger charge is 2.32. The lowest BCUT2D eigenvalue weighted by molar-refractivity contribution is 0.0573. The Hall–Kier alpha value is -1.72. The number of carbonyl (C=O) groups is 1. The number of anilines is 1. The van der Waals surface area contributed by atoms with Gasteiger partial charge in [-0.05, 0) is 31.0 Å². The van der Waals surface area contributed by atoms with Gasteiger partial charge >= 0.3 is 0 Å². The van der Waals surface area contributed by atoms with Crippen LogP contribution in [0.4, 0.5) is 5.69 Å². The molecule has 9 nitrogen and oxygen atoms in total. The summed E-state index contributed by atoms with van der Waals surface area (Å²) in [7, 11) is -3.68. The first-order chi connectivity index (χ1) is 16.5. The Kier molecular flexibility index (Phi) is 7.41. The summed E-state index contributed by atoms with van der Waals surface area (Å²) in [6.45, 7) is 7.14. The number of amides is 1. The van der Waals surface area contributed by atoms with Crippen molar-refractivity contribution < 1.29 is 22.7 Å². The van der Waals surface area contributed by atoms with Crippen molar-refractivity contribution >= 4 is 21.6 Å². The van der Waals surface area contributed by atoms with Crippen molar-refractivity contribution in [3.63, 3.8) is 0 Å². The molecule has 4 fully saturated rings. The summed E-state index contributed by atoms with van der Waals surface area (Å²) >= 11 is 0. The van der Waals surface area contributed by atoms with E-state index in [0.29, 0.717) is 77.3 Å². The van der Waals surface area contributed by atoms with E-state index in [1.54, 1.807) is 18.2 Å². The molecule has 0 bridgehead atoms. The van der Waals surface area contributed by atoms with Gasteiger partial charge in [-0.15, -0.1) is 0 Å². The number of ether oxygens (including phenoxy) is 2. The quantitative estimate of drug-likeness (QED) is 0.612. The van der Waals surface area contributed by atoms with Crippen LogP contribution < -0.4 is 4.90 Å². The van der Waals surface area contributed by atoms with Crippen LogP contribution in [0, 0.1) is 0 Å². The maximum absolute atomic E-state index is 13.8. The molecule has 3 aliphatic heterocycles. The fraction of sp³-hybridized carbons (Fsp3) is 0.708. The second-order valence-electron chi connectivity index (χ2n) is 9.56. The SMILES string of the molecule is O=C(c1cc(S(=O)(=O)N2CCOCC2)ccc1N1CCOCC1)N1CCN(C2CCCC2)CC1. The second kappa shape index (κ2) is 10.5. The van der Waals surface area contributed by atoms with Gasteiger partial charge in [-0.25, -0.2) is 8.42 Å². The second-order valence-corrected chi connectivity index (χ2v) is 11.5. The Morgan fingerprint density at radius 2 is 1.44 bits per heavy atom. The number of hydrogen-bond acceptors (Lipinski definition) is 7. The van der Waals surface area contributed by atoms with E-state index in [2.05, 4.69) is 9.80 Å². The molecule has 1 saturated carbocycles. The summed E-state index contributed by atoms with van der Waals surface area (Å²) in [6.07, 6.45) is 5.13. The summed E-state index contributed by atoms with van der Waals surface area (Å²) in [6, 6.07) is 5.70. The van der Waals surface area contributed by atoms with Gasteiger partial charge in [0.05, 0.1) is 36.9 Å². The fourth-order valence-electron chi connectivity index (χ4n) is 5.59. The normalized spacial score (nSPS) is 24.0. The van der Waals surface area contributed by atoms with E-state index < -0.39 is 10.0 Å². The summed E-state index contributed by atoms with van der Waals surface area (Å²) in [5, 5.41) is 0. The molecule has 5 rings (SSSR count). The molecule has 0 N–H and O–H groups in total. The summed E-state index contributed by atoms with van der Waals surface area (Å²) in [5.74, 6) is -0.0772. The standard InChI is InChI=1S/C24H36N4O5S/c29-24(27-9-7-25(8-10-27)20-3-1-2-4-20)22-19-21(34(30,31)28-13-17-33-18-14-28)5-6-23(22)26-11-15-32-16-12-26/h5-6,19-20H,1-4,7-18H2. The lowest BCUT2D eigenvalue weighted by Gasteiger charge is -2.39. The molecule has 1 aliphatic carbocycles. The average Bonchev–Trinajstić information content (AvgIpc) is 3.44. The van der Waals surface area contributed by atoms with Gasteiger partial charge in [-0.2, -0.15) is 4.31 Å². The van der Waals surface area contributed by atoms with Gasteiger partial charge in [-0.1, -0.05) is 12.8 Å². The number of carbonyl (C=O) groups excluding carboxylic acids is 1. The minimum Gasteiger partial charge on any atom is -0.379 e. The molecule has 188 valence electrons. The summed E-state index contributed by atoms with van der Waals surface area (Å²) < 4.78 is 38.9. The smallest absolute Gasteiger partial charge is 0.256 e. The summed E-state index contributed by atoms with van der Waals surface area (Å²) in [5.41, 5.74) is 1.28. The Morgan fingerprint density at radius 3 is 2.09 bits per heavy atom. The molecule has 0 unspecified atom stereocenters. The summed E-state index contributed by atoms with van der Waals surface area (Å²) in [4.78, 5) is 20.5. The Bertz CT molecular complexity index is 962. The minimum atomic E-state index is -3.68. The number of morpholine rings is 2. The van der Waals surface area contributed by atoms with Gasteiger partial charge in [0, 0.05) is 64.1 Å². The van der Waals surface area contributed by atoms with Crippen LogP contribution in [0.2, 0.25) is 0 Å². The van der Waals surface area contributed by atoms with Gasteiger partial charge in [0.2, 0.25) is 10.0 Å². The topological polar surface area (TPSA) is 82.6 Å². The van der Waals surface area contributed by atoms with Crippen LogP contribution in [0.25, 0.3) is 0 Å². The maximum Gasteiger partial charge on any atom is 0.256 e. The molecule has 3 heterocycles. The number of rotatable bonds is 5. The molecule has 0 spiro atoms. The highest BCUT2D eigenvalue weighted by atomic mass is 32.2. The van der Waals surface area contributed by atoms with Crippen LogP contribution in [-0.4, -0.2) is 113 Å². The zero-order valence-electron chi connectivity index (χ0n) is 19.9. The number of hydrogen-bond donors (Lipinski definition) is 0. The van der Waals surface area contributed by atoms with Crippen molar-refractivity contribution in [2.45, 2.75) is 36.6 Å². The number of piperazine rings is 1. The lowest BCUT2D eigenvalue weighted by atomic mass is 10.1. The fourth-order valence-corrected chi connectivity index (χ4v) is 7.03. The van der Waals surface area contributed by atoms with E-state index in [0.717, 1.165) is 18.8 Å². The van der Waals surface area contributed by atoms with Crippen LogP contribution in [0.5, 0.6) is 0 Å². The van der Waals surface area contributed by atoms with Gasteiger partial charge in [0.25, 0.3) is 5.91 Å². The van der Waals surface area contributed by atoms with E-state index in [-0.39, 0.29) is 10.8 Å². The molecule has 10 heteroatoms. The monoisotopic (exact) mass is 492 g/mol. The maximum atomic E-state index is 13.8. The van der Waals surface area contributed by atoms with Crippen LogP contribution in [0.1, 0.15) is 36.0 Å². The lowest BCUT2D eigenvalue weighted by Crippen LogP contribution is -2.51. The Balaban J connectivity index is 1.40. The number of sulfonamides is 1. The number of nitrogens with zero attached hydrogens (tertiary/aromatic N) is 4. The molecule has 0 aromatic heterocycles. The van der Waals surface area contributed by atoms with Crippen molar-refractivity contribution in [3.05, 3.63) is 23.8 Å². The highest BCUT2D eigenvalue weighted by Crippen LogP contribution is 2.29. The van der Waals surface area contributed by atoms with E-state index in [4.69, 9.17) is 9.47 Å². The van der Waals surface area contributed by atoms with Gasteiger partial charge in [0.15, 0.2) is 0 Å². The average molecular weight is 493 g/mol. The van der Waals surface area contributed by atoms with Crippen molar-refractivity contribution in [2.75, 3.05) is 83.7 Å². The molecule has 1 amide bonds. The van der Waals surface area contributed by atoms with Crippen molar-refractivity contribution in [3.8, 4) is 0 Å². The van der Waals surface area contributed by atoms with Crippen LogP contribution in [-0.2, 0) is 19.5 Å². The Morgan fingerprint density at radius 1 is 0.824 bits per heavy atom. The molecular formula is C24H36N4O5S. The van der Waals surface area contributed by atoms with Crippen molar-refractivity contribution in [1.29, 1.82) is 0 Å². The van der Waals surface area contributed by atoms with Crippen LogP contribution >= 0.6 is 0 Å².